The summed E-state index contributed by atoms with van der Waals surface area (Å²) in [6.07, 6.45) is 1.37. The lowest BCUT2D eigenvalue weighted by molar-refractivity contribution is -0.117. The predicted molar refractivity (Wildman–Crippen MR) is 65.6 cm³/mol. The third-order valence-electron chi connectivity index (χ3n) is 2.91. The van der Waals surface area contributed by atoms with Crippen molar-refractivity contribution in [2.75, 3.05) is 18.5 Å². The van der Waals surface area contributed by atoms with Gasteiger partial charge < -0.3 is 15.2 Å². The first-order valence-electron chi connectivity index (χ1n) is 5.86. The van der Waals surface area contributed by atoms with Crippen molar-refractivity contribution in [2.45, 2.75) is 12.8 Å². The number of carboxylic acid groups (broad SMARTS) is 1. The molecule has 1 heterocycles. The fraction of sp³-hybridized carbons (Fsp3) is 0.385. The van der Waals surface area contributed by atoms with Crippen LogP contribution in [0, 0.1) is 5.92 Å². The summed E-state index contributed by atoms with van der Waals surface area (Å²) >= 11 is 0. The number of ether oxygens (including phenoxy) is 1. The molecule has 1 aliphatic heterocycles. The second kappa shape index (κ2) is 5.64. The van der Waals surface area contributed by atoms with Crippen molar-refractivity contribution in [3.63, 3.8) is 0 Å². The van der Waals surface area contributed by atoms with E-state index < -0.39 is 5.97 Å². The lowest BCUT2D eigenvalue weighted by Crippen LogP contribution is -2.16. The minimum Gasteiger partial charge on any atom is -0.478 e. The highest BCUT2D eigenvalue weighted by Gasteiger charge is 2.19. The van der Waals surface area contributed by atoms with Crippen molar-refractivity contribution < 1.29 is 19.4 Å². The standard InChI is InChI=1S/C13H15NO4/c15-12(7-9-5-6-18-8-9)14-11-3-1-10(2-4-11)13(16)17/h1-4,9H,5-8H2,(H,14,15)(H,16,17). The summed E-state index contributed by atoms with van der Waals surface area (Å²) in [5.41, 5.74) is 0.820. The molecule has 1 unspecified atom stereocenters. The number of anilines is 1. The zero-order chi connectivity index (χ0) is 13.0. The highest BCUT2D eigenvalue weighted by Crippen LogP contribution is 2.17. The molecule has 0 aliphatic carbocycles. The fourth-order valence-electron chi connectivity index (χ4n) is 1.91. The van der Waals surface area contributed by atoms with Crippen molar-refractivity contribution >= 4 is 17.6 Å². The summed E-state index contributed by atoms with van der Waals surface area (Å²) in [4.78, 5) is 22.4. The number of carbonyl (C=O) groups excluding carboxylic acids is 1. The molecule has 0 spiro atoms. The molecule has 5 nitrogen and oxygen atoms in total. The number of hydrogen-bond donors (Lipinski definition) is 2. The van der Waals surface area contributed by atoms with Gasteiger partial charge in [-0.05, 0) is 36.6 Å². The first-order valence-corrected chi connectivity index (χ1v) is 5.86. The third kappa shape index (κ3) is 3.30. The van der Waals surface area contributed by atoms with E-state index >= 15 is 0 Å². The molecule has 2 N–H and O–H groups in total. The molecule has 96 valence electrons. The first kappa shape index (κ1) is 12.6. The van der Waals surface area contributed by atoms with Crippen LogP contribution in [0.3, 0.4) is 0 Å². The van der Waals surface area contributed by atoms with Crippen molar-refractivity contribution in [3.8, 4) is 0 Å². The van der Waals surface area contributed by atoms with Crippen LogP contribution < -0.4 is 5.32 Å². The molecule has 1 fully saturated rings. The maximum absolute atomic E-state index is 11.7. The van der Waals surface area contributed by atoms with E-state index in [9.17, 15) is 9.59 Å². The lowest BCUT2D eigenvalue weighted by atomic mass is 10.0. The minimum absolute atomic E-state index is 0.0615. The molecule has 0 saturated carbocycles. The van der Waals surface area contributed by atoms with Crippen LogP contribution in [0.15, 0.2) is 24.3 Å². The van der Waals surface area contributed by atoms with E-state index in [-0.39, 0.29) is 11.5 Å². The van der Waals surface area contributed by atoms with E-state index in [1.54, 1.807) is 12.1 Å². The van der Waals surface area contributed by atoms with Crippen LogP contribution in [0.4, 0.5) is 5.69 Å². The van der Waals surface area contributed by atoms with Gasteiger partial charge in [0.1, 0.15) is 0 Å². The Morgan fingerprint density at radius 1 is 1.33 bits per heavy atom. The maximum atomic E-state index is 11.7. The van der Waals surface area contributed by atoms with Crippen molar-refractivity contribution in [3.05, 3.63) is 29.8 Å². The summed E-state index contributed by atoms with van der Waals surface area (Å²) in [6, 6.07) is 6.12. The Labute approximate surface area is 105 Å². The van der Waals surface area contributed by atoms with Crippen LogP contribution in [-0.2, 0) is 9.53 Å². The Kier molecular flexibility index (Phi) is 3.94. The molecule has 0 radical (unpaired) electrons. The monoisotopic (exact) mass is 249 g/mol. The van der Waals surface area contributed by atoms with Gasteiger partial charge in [-0.1, -0.05) is 0 Å². The Hall–Kier alpha value is -1.88. The van der Waals surface area contributed by atoms with Crippen LogP contribution in [0.2, 0.25) is 0 Å². The van der Waals surface area contributed by atoms with Gasteiger partial charge in [0.25, 0.3) is 0 Å². The highest BCUT2D eigenvalue weighted by molar-refractivity contribution is 5.92. The number of benzene rings is 1. The molecule has 1 aromatic carbocycles. The van der Waals surface area contributed by atoms with Gasteiger partial charge in [0.05, 0.1) is 5.56 Å². The number of amides is 1. The van der Waals surface area contributed by atoms with Gasteiger partial charge in [-0.15, -0.1) is 0 Å². The number of hydrogen-bond acceptors (Lipinski definition) is 3. The molecule has 0 bridgehead atoms. The van der Waals surface area contributed by atoms with E-state index in [2.05, 4.69) is 5.32 Å². The lowest BCUT2D eigenvalue weighted by Gasteiger charge is -2.08. The van der Waals surface area contributed by atoms with Gasteiger partial charge in [0.15, 0.2) is 0 Å². The van der Waals surface area contributed by atoms with E-state index in [1.165, 1.54) is 12.1 Å². The Morgan fingerprint density at radius 2 is 2.06 bits per heavy atom. The summed E-state index contributed by atoms with van der Waals surface area (Å²) in [5.74, 6) is -0.743. The van der Waals surface area contributed by atoms with Crippen LogP contribution >= 0.6 is 0 Å². The molecule has 1 atom stereocenters. The molecule has 1 amide bonds. The fourth-order valence-corrected chi connectivity index (χ4v) is 1.91. The SMILES string of the molecule is O=C(CC1CCOC1)Nc1ccc(C(=O)O)cc1. The van der Waals surface area contributed by atoms with Gasteiger partial charge >= 0.3 is 5.97 Å². The number of rotatable bonds is 4. The second-order valence-electron chi connectivity index (χ2n) is 4.36. The first-order chi connectivity index (χ1) is 8.65. The summed E-state index contributed by atoms with van der Waals surface area (Å²) in [5, 5.41) is 11.5. The van der Waals surface area contributed by atoms with E-state index in [1.807, 2.05) is 0 Å². The molecule has 0 aromatic heterocycles. The smallest absolute Gasteiger partial charge is 0.335 e. The minimum atomic E-state index is -0.976. The molecular formula is C13H15NO4. The molecule has 1 saturated heterocycles. The quantitative estimate of drug-likeness (QED) is 0.852. The van der Waals surface area contributed by atoms with Crippen molar-refractivity contribution in [2.24, 2.45) is 5.92 Å². The largest absolute Gasteiger partial charge is 0.478 e. The summed E-state index contributed by atoms with van der Waals surface area (Å²) in [7, 11) is 0. The molecule has 5 heteroatoms. The normalized spacial score (nSPS) is 18.6. The van der Waals surface area contributed by atoms with Gasteiger partial charge in [-0.2, -0.15) is 0 Å². The van der Waals surface area contributed by atoms with Gasteiger partial charge in [0, 0.05) is 25.3 Å². The molecule has 1 aromatic rings. The average Bonchev–Trinajstić information content (AvgIpc) is 2.82. The Balaban J connectivity index is 1.88. The second-order valence-corrected chi connectivity index (χ2v) is 4.36. The number of aromatic carboxylic acids is 1. The molecule has 2 rings (SSSR count). The zero-order valence-corrected chi connectivity index (χ0v) is 9.89. The van der Waals surface area contributed by atoms with Crippen molar-refractivity contribution in [1.82, 2.24) is 0 Å². The van der Waals surface area contributed by atoms with E-state index in [4.69, 9.17) is 9.84 Å². The van der Waals surface area contributed by atoms with Crippen LogP contribution in [0.25, 0.3) is 0 Å². The van der Waals surface area contributed by atoms with Crippen LogP contribution in [0.1, 0.15) is 23.2 Å². The van der Waals surface area contributed by atoms with E-state index in [0.29, 0.717) is 24.6 Å². The Morgan fingerprint density at radius 3 is 2.61 bits per heavy atom. The van der Waals surface area contributed by atoms with Gasteiger partial charge in [0.2, 0.25) is 5.91 Å². The summed E-state index contributed by atoms with van der Waals surface area (Å²) < 4.78 is 5.20. The van der Waals surface area contributed by atoms with E-state index in [0.717, 1.165) is 13.0 Å². The third-order valence-corrected chi connectivity index (χ3v) is 2.91. The zero-order valence-electron chi connectivity index (χ0n) is 9.89. The average molecular weight is 249 g/mol. The van der Waals surface area contributed by atoms with Crippen LogP contribution in [-0.4, -0.2) is 30.2 Å². The number of carboxylic acids is 1. The van der Waals surface area contributed by atoms with Crippen LogP contribution in [0.5, 0.6) is 0 Å². The molecule has 18 heavy (non-hydrogen) atoms. The maximum Gasteiger partial charge on any atom is 0.335 e. The highest BCUT2D eigenvalue weighted by atomic mass is 16.5. The topological polar surface area (TPSA) is 75.6 Å². The molecular weight excluding hydrogens is 234 g/mol. The summed E-state index contributed by atoms with van der Waals surface area (Å²) in [6.45, 7) is 1.37. The van der Waals surface area contributed by atoms with Gasteiger partial charge in [-0.3, -0.25) is 4.79 Å². The Bertz CT molecular complexity index is 435. The predicted octanol–water partition coefficient (Wildman–Crippen LogP) is 1.75. The molecule has 1 aliphatic rings. The van der Waals surface area contributed by atoms with Crippen molar-refractivity contribution in [1.29, 1.82) is 0 Å². The van der Waals surface area contributed by atoms with Gasteiger partial charge in [-0.25, -0.2) is 4.79 Å². The number of nitrogens with one attached hydrogen (secondary N) is 1. The number of carbonyl (C=O) groups is 2.